The zero-order valence-corrected chi connectivity index (χ0v) is 27.3. The molecule has 10 heteroatoms. The highest BCUT2D eigenvalue weighted by molar-refractivity contribution is 9.10. The summed E-state index contributed by atoms with van der Waals surface area (Å²) in [6, 6.07) is 18.2. The average Bonchev–Trinajstić information content (AvgIpc) is 2.96. The Hall–Kier alpha value is -2.88. The minimum atomic E-state index is -4.17. The molecule has 1 aliphatic rings. The average molecular weight is 675 g/mol. The number of anilines is 1. The van der Waals surface area contributed by atoms with Crippen LogP contribution in [-0.2, 0) is 26.2 Å². The number of nitrogens with zero attached hydrogens (tertiary/aromatic N) is 2. The first-order valence-corrected chi connectivity index (χ1v) is 16.8. The lowest BCUT2D eigenvalue weighted by atomic mass is 9.95. The van der Waals surface area contributed by atoms with Gasteiger partial charge >= 0.3 is 0 Å². The largest absolute Gasteiger partial charge is 0.352 e. The van der Waals surface area contributed by atoms with Crippen LogP contribution in [0.1, 0.15) is 55.7 Å². The molecule has 7 nitrogen and oxygen atoms in total. The van der Waals surface area contributed by atoms with Crippen molar-refractivity contribution in [2.45, 2.75) is 76.4 Å². The van der Waals surface area contributed by atoms with Gasteiger partial charge in [-0.25, -0.2) is 8.42 Å². The van der Waals surface area contributed by atoms with Crippen LogP contribution < -0.4 is 9.62 Å². The number of halogens is 2. The molecule has 0 saturated heterocycles. The van der Waals surface area contributed by atoms with Crippen molar-refractivity contribution in [1.82, 2.24) is 10.2 Å². The summed E-state index contributed by atoms with van der Waals surface area (Å²) in [6.07, 6.45) is 5.10. The van der Waals surface area contributed by atoms with E-state index in [-0.39, 0.29) is 23.4 Å². The van der Waals surface area contributed by atoms with E-state index in [0.29, 0.717) is 16.3 Å². The molecule has 3 aromatic carbocycles. The number of benzene rings is 3. The van der Waals surface area contributed by atoms with Gasteiger partial charge in [-0.2, -0.15) is 0 Å². The van der Waals surface area contributed by atoms with Crippen molar-refractivity contribution in [3.05, 3.63) is 92.9 Å². The molecule has 42 heavy (non-hydrogen) atoms. The van der Waals surface area contributed by atoms with Crippen molar-refractivity contribution >= 4 is 55.1 Å². The molecular weight excluding hydrogens is 638 g/mol. The van der Waals surface area contributed by atoms with E-state index in [9.17, 15) is 18.0 Å². The SMILES string of the molecule is Cc1ccc(S(=O)(=O)N(CC(=O)N(Cc2cccc(Br)c2)[C@H](C)C(=O)NC2CCCCC2)c2cccc(Cl)c2C)cc1. The second kappa shape index (κ2) is 14.1. The molecule has 3 aromatic rings. The number of carbonyl (C=O) groups is 2. The third-order valence-electron chi connectivity index (χ3n) is 7.76. The smallest absolute Gasteiger partial charge is 0.264 e. The number of hydrogen-bond acceptors (Lipinski definition) is 4. The maximum atomic E-state index is 14.2. The zero-order valence-electron chi connectivity index (χ0n) is 24.1. The Morgan fingerprint density at radius 2 is 1.67 bits per heavy atom. The highest BCUT2D eigenvalue weighted by Gasteiger charge is 2.34. The van der Waals surface area contributed by atoms with E-state index >= 15 is 0 Å². The summed E-state index contributed by atoms with van der Waals surface area (Å²) in [7, 11) is -4.17. The van der Waals surface area contributed by atoms with Crippen LogP contribution in [0.5, 0.6) is 0 Å². The molecule has 1 aliphatic carbocycles. The minimum Gasteiger partial charge on any atom is -0.352 e. The molecule has 1 atom stereocenters. The summed E-state index contributed by atoms with van der Waals surface area (Å²) in [4.78, 5) is 29.1. The van der Waals surface area contributed by atoms with Crippen molar-refractivity contribution in [3.8, 4) is 0 Å². The van der Waals surface area contributed by atoms with Gasteiger partial charge in [-0.1, -0.05) is 82.7 Å². The number of nitrogens with one attached hydrogen (secondary N) is 1. The standard InChI is InChI=1S/C32H37BrClN3O4S/c1-22-15-17-28(18-16-22)42(40,41)37(30-14-8-13-29(34)23(30)2)21-31(38)36(20-25-9-7-10-26(33)19-25)24(3)32(39)35-27-11-5-4-6-12-27/h7-10,13-19,24,27H,4-6,11-12,20-21H2,1-3H3,(H,35,39)/t24-/m1/s1. The maximum Gasteiger partial charge on any atom is 0.264 e. The lowest BCUT2D eigenvalue weighted by Crippen LogP contribution is -2.53. The molecule has 1 N–H and O–H groups in total. The molecule has 0 spiro atoms. The lowest BCUT2D eigenvalue weighted by molar-refractivity contribution is -0.139. The summed E-state index contributed by atoms with van der Waals surface area (Å²) in [6.45, 7) is 4.91. The van der Waals surface area contributed by atoms with Gasteiger partial charge in [-0.3, -0.25) is 13.9 Å². The van der Waals surface area contributed by atoms with Crippen LogP contribution in [0, 0.1) is 13.8 Å². The Bertz CT molecular complexity index is 1520. The Morgan fingerprint density at radius 1 is 1.00 bits per heavy atom. The van der Waals surface area contributed by atoms with Gasteiger partial charge < -0.3 is 10.2 Å². The van der Waals surface area contributed by atoms with Crippen molar-refractivity contribution in [2.75, 3.05) is 10.8 Å². The number of sulfonamides is 1. The van der Waals surface area contributed by atoms with Gasteiger partial charge in [-0.05, 0) is 81.1 Å². The zero-order chi connectivity index (χ0) is 30.4. The first kappa shape index (κ1) is 32.0. The van der Waals surface area contributed by atoms with Crippen molar-refractivity contribution < 1.29 is 18.0 Å². The summed E-state index contributed by atoms with van der Waals surface area (Å²) >= 11 is 9.89. The van der Waals surface area contributed by atoms with Crippen LogP contribution in [0.4, 0.5) is 5.69 Å². The van der Waals surface area contributed by atoms with Crippen LogP contribution in [0.2, 0.25) is 5.02 Å². The number of amides is 2. The van der Waals surface area contributed by atoms with Gasteiger partial charge in [0.2, 0.25) is 11.8 Å². The Kier molecular flexibility index (Phi) is 10.7. The molecule has 0 radical (unpaired) electrons. The third kappa shape index (κ3) is 7.74. The predicted molar refractivity (Wildman–Crippen MR) is 171 cm³/mol. The second-order valence-electron chi connectivity index (χ2n) is 10.9. The lowest BCUT2D eigenvalue weighted by Gasteiger charge is -2.33. The van der Waals surface area contributed by atoms with Crippen LogP contribution in [0.3, 0.4) is 0 Å². The molecule has 0 aromatic heterocycles. The van der Waals surface area contributed by atoms with Crippen molar-refractivity contribution in [2.24, 2.45) is 0 Å². The number of aryl methyl sites for hydroxylation is 1. The predicted octanol–water partition coefficient (Wildman–Crippen LogP) is 6.78. The molecule has 224 valence electrons. The summed E-state index contributed by atoms with van der Waals surface area (Å²) in [5, 5.41) is 3.51. The van der Waals surface area contributed by atoms with E-state index in [2.05, 4.69) is 21.2 Å². The van der Waals surface area contributed by atoms with E-state index in [1.54, 1.807) is 44.2 Å². The molecular formula is C32H37BrClN3O4S. The van der Waals surface area contributed by atoms with Gasteiger partial charge in [-0.15, -0.1) is 0 Å². The highest BCUT2D eigenvalue weighted by Crippen LogP contribution is 2.31. The Balaban J connectivity index is 1.71. The van der Waals surface area contributed by atoms with Gasteiger partial charge in [0.1, 0.15) is 12.6 Å². The topological polar surface area (TPSA) is 86.8 Å². The highest BCUT2D eigenvalue weighted by atomic mass is 79.9. The van der Waals surface area contributed by atoms with Gasteiger partial charge in [0.05, 0.1) is 10.6 Å². The quantitative estimate of drug-likeness (QED) is 0.257. The van der Waals surface area contributed by atoms with E-state index in [1.165, 1.54) is 17.0 Å². The summed E-state index contributed by atoms with van der Waals surface area (Å²) in [5.74, 6) is -0.756. The molecule has 0 bridgehead atoms. The molecule has 1 fully saturated rings. The Labute approximate surface area is 262 Å². The second-order valence-corrected chi connectivity index (χ2v) is 14.1. The number of rotatable bonds is 10. The number of carbonyl (C=O) groups excluding carboxylic acids is 2. The molecule has 1 saturated carbocycles. The van der Waals surface area contributed by atoms with Crippen molar-refractivity contribution in [1.29, 1.82) is 0 Å². The van der Waals surface area contributed by atoms with Crippen LogP contribution in [-0.4, -0.2) is 43.8 Å². The van der Waals surface area contributed by atoms with Crippen LogP contribution in [0.25, 0.3) is 0 Å². The minimum absolute atomic E-state index is 0.0573. The van der Waals surface area contributed by atoms with Gasteiger partial charge in [0.25, 0.3) is 10.0 Å². The molecule has 4 rings (SSSR count). The first-order chi connectivity index (χ1) is 20.0. The fourth-order valence-corrected chi connectivity index (χ4v) is 7.29. The monoisotopic (exact) mass is 673 g/mol. The van der Waals surface area contributed by atoms with E-state index in [4.69, 9.17) is 11.6 Å². The molecule has 2 amide bonds. The third-order valence-corrected chi connectivity index (χ3v) is 10.4. The normalized spacial score (nSPS) is 14.7. The fraction of sp³-hybridized carbons (Fsp3) is 0.375. The van der Waals surface area contributed by atoms with E-state index < -0.39 is 28.5 Å². The molecule has 0 unspecified atom stereocenters. The summed E-state index contributed by atoms with van der Waals surface area (Å²) in [5.41, 5.74) is 2.55. The van der Waals surface area contributed by atoms with Crippen LogP contribution in [0.15, 0.2) is 76.1 Å². The molecule has 0 aliphatic heterocycles. The van der Waals surface area contributed by atoms with Gasteiger partial charge in [0.15, 0.2) is 0 Å². The van der Waals surface area contributed by atoms with E-state index in [1.807, 2.05) is 31.2 Å². The maximum absolute atomic E-state index is 14.2. The first-order valence-electron chi connectivity index (χ1n) is 14.2. The summed E-state index contributed by atoms with van der Waals surface area (Å²) < 4.78 is 30.1. The number of hydrogen-bond donors (Lipinski definition) is 1. The Morgan fingerprint density at radius 3 is 2.33 bits per heavy atom. The van der Waals surface area contributed by atoms with Crippen LogP contribution >= 0.6 is 27.5 Å². The molecule has 0 heterocycles. The van der Waals surface area contributed by atoms with Gasteiger partial charge in [0, 0.05) is 22.1 Å². The van der Waals surface area contributed by atoms with E-state index in [0.717, 1.165) is 52.0 Å². The fourth-order valence-electron chi connectivity index (χ4n) is 5.20. The van der Waals surface area contributed by atoms with Crippen molar-refractivity contribution in [3.63, 3.8) is 0 Å².